The first-order valence-corrected chi connectivity index (χ1v) is 7.81. The van der Waals surface area contributed by atoms with Crippen LogP contribution in [0, 0.1) is 0 Å². The normalized spacial score (nSPS) is 13.2. The minimum atomic E-state index is 0.539. The summed E-state index contributed by atoms with van der Waals surface area (Å²) in [6.45, 7) is 11.0. The van der Waals surface area contributed by atoms with Gasteiger partial charge in [0.05, 0.1) is 6.61 Å². The van der Waals surface area contributed by atoms with Crippen molar-refractivity contribution < 1.29 is 4.74 Å². The van der Waals surface area contributed by atoms with Crippen molar-refractivity contribution in [3.63, 3.8) is 0 Å². The van der Waals surface area contributed by atoms with E-state index in [0.29, 0.717) is 6.04 Å². The first-order valence-electron chi connectivity index (χ1n) is 7.81. The van der Waals surface area contributed by atoms with Crippen LogP contribution in [0.2, 0.25) is 0 Å². The monoisotopic (exact) mass is 258 g/mol. The summed E-state index contributed by atoms with van der Waals surface area (Å²) >= 11 is 0. The first-order chi connectivity index (χ1) is 8.79. The van der Waals surface area contributed by atoms with Gasteiger partial charge in [0.1, 0.15) is 0 Å². The maximum atomic E-state index is 5.91. The van der Waals surface area contributed by atoms with Crippen molar-refractivity contribution in [1.82, 2.24) is 4.90 Å². The lowest BCUT2D eigenvalue weighted by molar-refractivity contribution is 0.0952. The summed E-state index contributed by atoms with van der Waals surface area (Å²) in [5.74, 6) is 0. The molecular formula is C15H34N2O. The predicted octanol–water partition coefficient (Wildman–Crippen LogP) is 3.03. The molecule has 0 radical (unpaired) electrons. The van der Waals surface area contributed by atoms with Gasteiger partial charge >= 0.3 is 0 Å². The third-order valence-electron chi connectivity index (χ3n) is 3.56. The molecule has 2 N–H and O–H groups in total. The Morgan fingerprint density at radius 1 is 1.06 bits per heavy atom. The molecular weight excluding hydrogens is 224 g/mol. The van der Waals surface area contributed by atoms with E-state index in [-0.39, 0.29) is 0 Å². The number of ether oxygens (including phenoxy) is 1. The van der Waals surface area contributed by atoms with Crippen molar-refractivity contribution >= 4 is 0 Å². The van der Waals surface area contributed by atoms with Crippen molar-refractivity contribution in [2.24, 2.45) is 5.73 Å². The standard InChI is InChI=1S/C15H34N2O/c1-4-7-8-9-10-11-15(14-16)17(5-2)12-13-18-6-3/h15H,4-14,16H2,1-3H3. The van der Waals surface area contributed by atoms with Crippen LogP contribution < -0.4 is 5.73 Å². The summed E-state index contributed by atoms with van der Waals surface area (Å²) in [4.78, 5) is 2.47. The molecule has 1 unspecified atom stereocenters. The fourth-order valence-electron chi connectivity index (χ4n) is 2.36. The van der Waals surface area contributed by atoms with E-state index in [1.165, 1.54) is 38.5 Å². The van der Waals surface area contributed by atoms with Gasteiger partial charge in [-0.05, 0) is 19.9 Å². The van der Waals surface area contributed by atoms with Crippen LogP contribution in [0.25, 0.3) is 0 Å². The molecule has 0 spiro atoms. The third kappa shape index (κ3) is 8.90. The Balaban J connectivity index is 3.79. The number of likely N-dealkylation sites (N-methyl/N-ethyl adjacent to an activating group) is 1. The second-order valence-corrected chi connectivity index (χ2v) is 4.92. The van der Waals surface area contributed by atoms with E-state index < -0.39 is 0 Å². The van der Waals surface area contributed by atoms with Crippen molar-refractivity contribution in [3.05, 3.63) is 0 Å². The molecule has 0 aromatic rings. The Morgan fingerprint density at radius 3 is 2.33 bits per heavy atom. The van der Waals surface area contributed by atoms with Gasteiger partial charge in [0.25, 0.3) is 0 Å². The summed E-state index contributed by atoms with van der Waals surface area (Å²) in [7, 11) is 0. The van der Waals surface area contributed by atoms with Gasteiger partial charge in [-0.3, -0.25) is 4.90 Å². The van der Waals surface area contributed by atoms with E-state index >= 15 is 0 Å². The van der Waals surface area contributed by atoms with Gasteiger partial charge < -0.3 is 10.5 Å². The number of hydrogen-bond donors (Lipinski definition) is 1. The van der Waals surface area contributed by atoms with Gasteiger partial charge in [-0.25, -0.2) is 0 Å². The number of nitrogens with two attached hydrogens (primary N) is 1. The molecule has 0 saturated carbocycles. The van der Waals surface area contributed by atoms with Gasteiger partial charge in [-0.1, -0.05) is 46.0 Å². The molecule has 1 atom stereocenters. The molecule has 3 nitrogen and oxygen atoms in total. The molecule has 18 heavy (non-hydrogen) atoms. The van der Waals surface area contributed by atoms with Crippen LogP contribution >= 0.6 is 0 Å². The van der Waals surface area contributed by atoms with Crippen LogP contribution in [-0.4, -0.2) is 43.8 Å². The highest BCUT2D eigenvalue weighted by Gasteiger charge is 2.14. The fourth-order valence-corrected chi connectivity index (χ4v) is 2.36. The topological polar surface area (TPSA) is 38.5 Å². The lowest BCUT2D eigenvalue weighted by Crippen LogP contribution is -2.42. The number of rotatable bonds is 13. The van der Waals surface area contributed by atoms with Gasteiger partial charge in [-0.2, -0.15) is 0 Å². The Bertz CT molecular complexity index is 165. The molecule has 0 aliphatic carbocycles. The zero-order valence-electron chi connectivity index (χ0n) is 12.8. The second kappa shape index (κ2) is 13.3. The molecule has 0 amide bonds. The first kappa shape index (κ1) is 17.9. The van der Waals surface area contributed by atoms with Crippen molar-refractivity contribution in [2.75, 3.05) is 32.8 Å². The lowest BCUT2D eigenvalue weighted by Gasteiger charge is -2.29. The molecule has 3 heteroatoms. The highest BCUT2D eigenvalue weighted by Crippen LogP contribution is 2.11. The van der Waals surface area contributed by atoms with Crippen LogP contribution in [0.1, 0.15) is 59.3 Å². The van der Waals surface area contributed by atoms with E-state index in [2.05, 4.69) is 18.7 Å². The minimum absolute atomic E-state index is 0.539. The smallest absolute Gasteiger partial charge is 0.0593 e. The molecule has 0 saturated heterocycles. The quantitative estimate of drug-likeness (QED) is 0.516. The highest BCUT2D eigenvalue weighted by molar-refractivity contribution is 4.71. The number of hydrogen-bond acceptors (Lipinski definition) is 3. The molecule has 0 aromatic carbocycles. The lowest BCUT2D eigenvalue weighted by atomic mass is 10.1. The maximum absolute atomic E-state index is 5.91. The zero-order chi connectivity index (χ0) is 13.6. The molecule has 0 fully saturated rings. The maximum Gasteiger partial charge on any atom is 0.0593 e. The molecule has 0 bridgehead atoms. The predicted molar refractivity (Wildman–Crippen MR) is 80.0 cm³/mol. The van der Waals surface area contributed by atoms with Crippen LogP contribution in [0.15, 0.2) is 0 Å². The fraction of sp³-hybridized carbons (Fsp3) is 1.00. The Kier molecular flexibility index (Phi) is 13.2. The summed E-state index contributed by atoms with van der Waals surface area (Å²) in [6, 6.07) is 0.539. The Labute approximate surface area is 114 Å². The zero-order valence-corrected chi connectivity index (χ0v) is 12.8. The van der Waals surface area contributed by atoms with Gasteiger partial charge in [-0.15, -0.1) is 0 Å². The van der Waals surface area contributed by atoms with Crippen LogP contribution in [0.4, 0.5) is 0 Å². The molecule has 0 aliphatic heterocycles. The SMILES string of the molecule is CCCCCCCC(CN)N(CC)CCOCC. The van der Waals surface area contributed by atoms with E-state index in [9.17, 15) is 0 Å². The van der Waals surface area contributed by atoms with Crippen molar-refractivity contribution in [3.8, 4) is 0 Å². The van der Waals surface area contributed by atoms with E-state index in [4.69, 9.17) is 10.5 Å². The van der Waals surface area contributed by atoms with Crippen LogP contribution in [-0.2, 0) is 4.74 Å². The summed E-state index contributed by atoms with van der Waals surface area (Å²) in [6.07, 6.45) is 7.96. The van der Waals surface area contributed by atoms with E-state index in [0.717, 1.165) is 32.8 Å². The molecule has 0 heterocycles. The van der Waals surface area contributed by atoms with Crippen molar-refractivity contribution in [1.29, 1.82) is 0 Å². The summed E-state index contributed by atoms with van der Waals surface area (Å²) in [5, 5.41) is 0. The Hall–Kier alpha value is -0.120. The van der Waals surface area contributed by atoms with Crippen molar-refractivity contribution in [2.45, 2.75) is 65.3 Å². The Morgan fingerprint density at radius 2 is 1.78 bits per heavy atom. The summed E-state index contributed by atoms with van der Waals surface area (Å²) in [5.41, 5.74) is 5.91. The molecule has 0 aromatic heterocycles. The minimum Gasteiger partial charge on any atom is -0.380 e. The largest absolute Gasteiger partial charge is 0.380 e. The summed E-state index contributed by atoms with van der Waals surface area (Å²) < 4.78 is 5.44. The van der Waals surface area contributed by atoms with Crippen LogP contribution in [0.3, 0.4) is 0 Å². The van der Waals surface area contributed by atoms with Gasteiger partial charge in [0, 0.05) is 25.7 Å². The van der Waals surface area contributed by atoms with E-state index in [1.807, 2.05) is 6.92 Å². The average Bonchev–Trinajstić information content (AvgIpc) is 2.40. The van der Waals surface area contributed by atoms with Gasteiger partial charge in [0.15, 0.2) is 0 Å². The second-order valence-electron chi connectivity index (χ2n) is 4.92. The number of unbranched alkanes of at least 4 members (excludes halogenated alkanes) is 4. The molecule has 110 valence electrons. The average molecular weight is 258 g/mol. The van der Waals surface area contributed by atoms with E-state index in [1.54, 1.807) is 0 Å². The number of nitrogens with zero attached hydrogens (tertiary/aromatic N) is 1. The van der Waals surface area contributed by atoms with Crippen LogP contribution in [0.5, 0.6) is 0 Å². The van der Waals surface area contributed by atoms with Gasteiger partial charge in [0.2, 0.25) is 0 Å². The third-order valence-corrected chi connectivity index (χ3v) is 3.56. The molecule has 0 aliphatic rings. The highest BCUT2D eigenvalue weighted by atomic mass is 16.5. The molecule has 0 rings (SSSR count).